The molecular weight excluding hydrogens is 346 g/mol. The second-order valence-electron chi connectivity index (χ2n) is 6.46. The summed E-state index contributed by atoms with van der Waals surface area (Å²) in [5.74, 6) is -0.267. The minimum atomic E-state index is -0.682. The summed E-state index contributed by atoms with van der Waals surface area (Å²) in [6.45, 7) is 7.13. The number of aryl methyl sites for hydroxylation is 2. The Balaban J connectivity index is 1.88. The molecule has 0 aliphatic heterocycles. The molecule has 0 amide bonds. The minimum Gasteiger partial charge on any atom is -0.465 e. The topological polar surface area (TPSA) is 103 Å². The van der Waals surface area contributed by atoms with E-state index in [1.807, 2.05) is 31.2 Å². The van der Waals surface area contributed by atoms with Gasteiger partial charge in [-0.15, -0.1) is 10.2 Å². The van der Waals surface area contributed by atoms with Crippen LogP contribution in [0.25, 0.3) is 11.4 Å². The number of ether oxygens (including phenoxy) is 1. The van der Waals surface area contributed by atoms with Crippen LogP contribution < -0.4 is 0 Å². The van der Waals surface area contributed by atoms with Crippen LogP contribution in [-0.2, 0) is 4.74 Å². The van der Waals surface area contributed by atoms with Gasteiger partial charge in [0.2, 0.25) is 11.6 Å². The lowest BCUT2D eigenvalue weighted by Crippen LogP contribution is -2.20. The van der Waals surface area contributed by atoms with Gasteiger partial charge < -0.3 is 9.72 Å². The van der Waals surface area contributed by atoms with Crippen molar-refractivity contribution in [2.75, 3.05) is 7.11 Å². The lowest BCUT2D eigenvalue weighted by Gasteiger charge is -2.08. The third-order valence-electron chi connectivity index (χ3n) is 4.54. The number of esters is 1. The number of carbonyl (C=O) groups excluding carboxylic acids is 2. The van der Waals surface area contributed by atoms with E-state index >= 15 is 0 Å². The summed E-state index contributed by atoms with van der Waals surface area (Å²) < 4.78 is 4.79. The van der Waals surface area contributed by atoms with E-state index < -0.39 is 12.0 Å². The van der Waals surface area contributed by atoms with Gasteiger partial charge in [0.1, 0.15) is 6.04 Å². The summed E-state index contributed by atoms with van der Waals surface area (Å²) in [6, 6.07) is 7.06. The molecule has 2 heterocycles. The highest BCUT2D eigenvalue weighted by Gasteiger charge is 2.27. The first-order valence-corrected chi connectivity index (χ1v) is 8.51. The fourth-order valence-corrected chi connectivity index (χ4v) is 2.93. The molecule has 0 radical (unpaired) electrons. The van der Waals surface area contributed by atoms with Crippen molar-refractivity contribution in [1.82, 2.24) is 25.2 Å². The van der Waals surface area contributed by atoms with Gasteiger partial charge in [-0.2, -0.15) is 4.80 Å². The number of benzene rings is 1. The number of rotatable bonds is 5. The molecule has 0 bridgehead atoms. The van der Waals surface area contributed by atoms with E-state index in [2.05, 4.69) is 20.4 Å². The number of tetrazole rings is 1. The van der Waals surface area contributed by atoms with Gasteiger partial charge in [-0.1, -0.05) is 29.8 Å². The largest absolute Gasteiger partial charge is 0.465 e. The SMILES string of the molecule is COC(=O)c1c(C)[nH]c(C(=O)[C@@H](C)n2nnc(-c3ccc(C)cc3)n2)c1C. The molecule has 0 spiro atoms. The van der Waals surface area contributed by atoms with Crippen LogP contribution in [0.2, 0.25) is 0 Å². The van der Waals surface area contributed by atoms with Crippen molar-refractivity contribution in [3.8, 4) is 11.4 Å². The molecule has 1 aromatic carbocycles. The second kappa shape index (κ2) is 7.14. The van der Waals surface area contributed by atoms with Gasteiger partial charge in [0.25, 0.3) is 0 Å². The summed E-state index contributed by atoms with van der Waals surface area (Å²) in [5.41, 5.74) is 3.81. The zero-order valence-electron chi connectivity index (χ0n) is 15.9. The van der Waals surface area contributed by atoms with E-state index in [4.69, 9.17) is 4.74 Å². The van der Waals surface area contributed by atoms with Crippen LogP contribution in [0.4, 0.5) is 0 Å². The molecule has 0 aliphatic rings. The molecule has 2 aromatic heterocycles. The maximum atomic E-state index is 12.9. The zero-order chi connectivity index (χ0) is 19.7. The van der Waals surface area contributed by atoms with Crippen molar-refractivity contribution < 1.29 is 14.3 Å². The maximum Gasteiger partial charge on any atom is 0.339 e. The maximum absolute atomic E-state index is 12.9. The van der Waals surface area contributed by atoms with Crippen LogP contribution in [0.3, 0.4) is 0 Å². The van der Waals surface area contributed by atoms with Gasteiger partial charge in [0, 0.05) is 11.3 Å². The van der Waals surface area contributed by atoms with E-state index in [0.29, 0.717) is 28.3 Å². The highest BCUT2D eigenvalue weighted by Crippen LogP contribution is 2.23. The third-order valence-corrected chi connectivity index (χ3v) is 4.54. The number of methoxy groups -OCH3 is 1. The first-order chi connectivity index (χ1) is 12.8. The average Bonchev–Trinajstić information content (AvgIpc) is 3.25. The molecule has 3 rings (SSSR count). The second-order valence-corrected chi connectivity index (χ2v) is 6.46. The van der Waals surface area contributed by atoms with Gasteiger partial charge in [0.15, 0.2) is 0 Å². The van der Waals surface area contributed by atoms with E-state index in [0.717, 1.165) is 11.1 Å². The lowest BCUT2D eigenvalue weighted by molar-refractivity contribution is 0.0599. The van der Waals surface area contributed by atoms with E-state index in [-0.39, 0.29) is 5.78 Å². The van der Waals surface area contributed by atoms with Gasteiger partial charge in [-0.05, 0) is 38.5 Å². The molecule has 0 saturated heterocycles. The highest BCUT2D eigenvalue weighted by atomic mass is 16.5. The Labute approximate surface area is 156 Å². The Morgan fingerprint density at radius 1 is 1.15 bits per heavy atom. The molecule has 1 atom stereocenters. The van der Waals surface area contributed by atoms with Gasteiger partial charge in [0.05, 0.1) is 18.4 Å². The number of nitrogens with one attached hydrogen (secondary N) is 1. The molecule has 0 saturated carbocycles. The summed E-state index contributed by atoms with van der Waals surface area (Å²) in [6.07, 6.45) is 0. The molecule has 0 fully saturated rings. The molecular formula is C19H21N5O3. The minimum absolute atomic E-state index is 0.237. The summed E-state index contributed by atoms with van der Waals surface area (Å²) in [7, 11) is 1.31. The molecule has 3 aromatic rings. The van der Waals surface area contributed by atoms with Crippen molar-refractivity contribution in [3.05, 3.63) is 52.3 Å². The number of aromatic amines is 1. The fraction of sp³-hybridized carbons (Fsp3) is 0.316. The number of carbonyl (C=O) groups is 2. The first kappa shape index (κ1) is 18.5. The Hall–Kier alpha value is -3.29. The van der Waals surface area contributed by atoms with Crippen molar-refractivity contribution in [2.24, 2.45) is 0 Å². The van der Waals surface area contributed by atoms with Crippen LogP contribution >= 0.6 is 0 Å². The molecule has 8 nitrogen and oxygen atoms in total. The normalized spacial score (nSPS) is 12.0. The highest BCUT2D eigenvalue weighted by molar-refractivity contribution is 6.03. The third kappa shape index (κ3) is 3.38. The Kier molecular flexibility index (Phi) is 4.89. The first-order valence-electron chi connectivity index (χ1n) is 8.51. The monoisotopic (exact) mass is 367 g/mol. The predicted molar refractivity (Wildman–Crippen MR) is 98.6 cm³/mol. The summed E-state index contributed by atoms with van der Waals surface area (Å²) in [5, 5.41) is 12.4. The smallest absolute Gasteiger partial charge is 0.339 e. The standard InChI is InChI=1S/C19H21N5O3/c1-10-6-8-14(9-7-10)18-21-23-24(22-18)13(4)17(25)16-11(2)15(12(3)20-16)19(26)27-5/h6-9,13,20H,1-5H3/t13-/m1/s1. The van der Waals surface area contributed by atoms with E-state index in [1.165, 1.54) is 11.9 Å². The quantitative estimate of drug-likeness (QED) is 0.549. The number of Topliss-reactive ketones (excluding diaryl/α,β-unsaturated/α-hetero) is 1. The van der Waals surface area contributed by atoms with E-state index in [1.54, 1.807) is 20.8 Å². The zero-order valence-corrected chi connectivity index (χ0v) is 15.9. The van der Waals surface area contributed by atoms with Crippen LogP contribution in [0, 0.1) is 20.8 Å². The Bertz CT molecular complexity index is 1000. The van der Waals surface area contributed by atoms with Crippen LogP contribution in [0.5, 0.6) is 0 Å². The number of aromatic nitrogens is 5. The Morgan fingerprint density at radius 2 is 1.81 bits per heavy atom. The molecule has 140 valence electrons. The van der Waals surface area contributed by atoms with Gasteiger partial charge in [-0.25, -0.2) is 4.79 Å². The number of ketones is 1. The van der Waals surface area contributed by atoms with Crippen molar-refractivity contribution in [2.45, 2.75) is 33.7 Å². The van der Waals surface area contributed by atoms with Crippen molar-refractivity contribution in [1.29, 1.82) is 0 Å². The van der Waals surface area contributed by atoms with Crippen LogP contribution in [0.1, 0.15) is 50.6 Å². The van der Waals surface area contributed by atoms with Crippen molar-refractivity contribution in [3.63, 3.8) is 0 Å². The van der Waals surface area contributed by atoms with Crippen LogP contribution in [-0.4, -0.2) is 44.1 Å². The summed E-state index contributed by atoms with van der Waals surface area (Å²) >= 11 is 0. The summed E-state index contributed by atoms with van der Waals surface area (Å²) in [4.78, 5) is 29.1. The molecule has 0 unspecified atom stereocenters. The molecule has 0 aliphatic carbocycles. The van der Waals surface area contributed by atoms with E-state index in [9.17, 15) is 9.59 Å². The molecule has 27 heavy (non-hydrogen) atoms. The lowest BCUT2D eigenvalue weighted by atomic mass is 10.1. The Morgan fingerprint density at radius 3 is 2.44 bits per heavy atom. The molecule has 8 heteroatoms. The fourth-order valence-electron chi connectivity index (χ4n) is 2.93. The predicted octanol–water partition coefficient (Wildman–Crippen LogP) is 2.82. The molecule has 1 N–H and O–H groups in total. The number of H-pyrrole nitrogens is 1. The van der Waals surface area contributed by atoms with Crippen LogP contribution in [0.15, 0.2) is 24.3 Å². The number of hydrogen-bond donors (Lipinski definition) is 1. The number of nitrogens with zero attached hydrogens (tertiary/aromatic N) is 4. The number of hydrogen-bond acceptors (Lipinski definition) is 6. The van der Waals surface area contributed by atoms with Gasteiger partial charge in [-0.3, -0.25) is 4.79 Å². The van der Waals surface area contributed by atoms with Crippen molar-refractivity contribution >= 4 is 11.8 Å². The average molecular weight is 367 g/mol. The van der Waals surface area contributed by atoms with Gasteiger partial charge >= 0.3 is 5.97 Å².